The fourth-order valence-corrected chi connectivity index (χ4v) is 3.25. The monoisotopic (exact) mass is 309 g/mol. The third-order valence-corrected chi connectivity index (χ3v) is 4.56. The average Bonchev–Trinajstić information content (AvgIpc) is 2.97. The Hall–Kier alpha value is -2.29. The van der Waals surface area contributed by atoms with E-state index in [1.807, 2.05) is 42.2 Å². The lowest BCUT2D eigenvalue weighted by molar-refractivity contribution is 0.0988. The molecule has 3 heteroatoms. The van der Waals surface area contributed by atoms with Gasteiger partial charge in [-0.05, 0) is 54.2 Å². The van der Waals surface area contributed by atoms with Gasteiger partial charge in [0.05, 0.1) is 7.11 Å². The summed E-state index contributed by atoms with van der Waals surface area (Å²) in [5.41, 5.74) is 5.09. The maximum atomic E-state index is 13.1. The van der Waals surface area contributed by atoms with Crippen LogP contribution in [0.4, 0.5) is 5.69 Å². The second-order valence-electron chi connectivity index (χ2n) is 6.40. The number of methoxy groups -OCH3 is 1. The largest absolute Gasteiger partial charge is 0.496 e. The molecule has 1 heterocycles. The van der Waals surface area contributed by atoms with Crippen molar-refractivity contribution in [2.24, 2.45) is 0 Å². The Morgan fingerprint density at radius 3 is 2.65 bits per heavy atom. The second-order valence-corrected chi connectivity index (χ2v) is 6.40. The number of anilines is 1. The van der Waals surface area contributed by atoms with Crippen LogP contribution in [0.2, 0.25) is 0 Å². The molecule has 0 fully saturated rings. The van der Waals surface area contributed by atoms with E-state index in [4.69, 9.17) is 4.74 Å². The number of amides is 1. The van der Waals surface area contributed by atoms with Crippen LogP contribution in [0, 0.1) is 6.92 Å². The zero-order valence-electron chi connectivity index (χ0n) is 14.2. The summed E-state index contributed by atoms with van der Waals surface area (Å²) in [6.45, 7) is 6.96. The molecule has 3 nitrogen and oxygen atoms in total. The number of fused-ring (bicyclic) bond motifs is 1. The highest BCUT2D eigenvalue weighted by Gasteiger charge is 2.27. The summed E-state index contributed by atoms with van der Waals surface area (Å²) < 4.78 is 5.48. The number of ether oxygens (including phenoxy) is 1. The summed E-state index contributed by atoms with van der Waals surface area (Å²) in [6.07, 6.45) is 0.925. The van der Waals surface area contributed by atoms with E-state index in [2.05, 4.69) is 19.9 Å². The van der Waals surface area contributed by atoms with Crippen LogP contribution in [0.3, 0.4) is 0 Å². The molecule has 1 amide bonds. The van der Waals surface area contributed by atoms with Crippen LogP contribution < -0.4 is 9.64 Å². The highest BCUT2D eigenvalue weighted by Crippen LogP contribution is 2.33. The Morgan fingerprint density at radius 2 is 1.96 bits per heavy atom. The number of carbonyl (C=O) groups excluding carboxylic acids is 1. The van der Waals surface area contributed by atoms with E-state index >= 15 is 0 Å². The lowest BCUT2D eigenvalue weighted by Crippen LogP contribution is -2.29. The molecule has 0 spiro atoms. The van der Waals surface area contributed by atoms with E-state index in [9.17, 15) is 4.79 Å². The molecule has 2 aromatic rings. The Balaban J connectivity index is 2.02. The Morgan fingerprint density at radius 1 is 1.22 bits per heavy atom. The average molecular weight is 309 g/mol. The molecule has 23 heavy (non-hydrogen) atoms. The Labute approximate surface area is 137 Å². The summed E-state index contributed by atoms with van der Waals surface area (Å²) in [6, 6.07) is 12.1. The highest BCUT2D eigenvalue weighted by atomic mass is 16.5. The molecule has 0 unspecified atom stereocenters. The van der Waals surface area contributed by atoms with Crippen LogP contribution in [-0.2, 0) is 6.42 Å². The van der Waals surface area contributed by atoms with E-state index in [1.165, 1.54) is 5.56 Å². The van der Waals surface area contributed by atoms with Gasteiger partial charge in [0.15, 0.2) is 0 Å². The van der Waals surface area contributed by atoms with Crippen LogP contribution in [0.15, 0.2) is 36.4 Å². The molecular weight excluding hydrogens is 286 g/mol. The number of nitrogens with zero attached hydrogens (tertiary/aromatic N) is 1. The van der Waals surface area contributed by atoms with Gasteiger partial charge in [-0.2, -0.15) is 0 Å². The number of rotatable bonds is 3. The number of hydrogen-bond acceptors (Lipinski definition) is 2. The van der Waals surface area contributed by atoms with Crippen molar-refractivity contribution in [2.45, 2.75) is 33.1 Å². The van der Waals surface area contributed by atoms with Crippen molar-refractivity contribution in [3.8, 4) is 5.75 Å². The van der Waals surface area contributed by atoms with E-state index in [0.29, 0.717) is 5.92 Å². The molecule has 0 aliphatic carbocycles. The van der Waals surface area contributed by atoms with Gasteiger partial charge >= 0.3 is 0 Å². The van der Waals surface area contributed by atoms with Crippen molar-refractivity contribution in [3.63, 3.8) is 0 Å². The highest BCUT2D eigenvalue weighted by molar-refractivity contribution is 6.08. The lowest BCUT2D eigenvalue weighted by atomic mass is 9.96. The first-order valence-electron chi connectivity index (χ1n) is 8.11. The number of hydrogen-bond donors (Lipinski definition) is 0. The summed E-state index contributed by atoms with van der Waals surface area (Å²) >= 11 is 0. The minimum Gasteiger partial charge on any atom is -0.496 e. The molecule has 0 atom stereocenters. The van der Waals surface area contributed by atoms with Crippen LogP contribution in [0.25, 0.3) is 0 Å². The zero-order valence-corrected chi connectivity index (χ0v) is 14.2. The molecule has 0 radical (unpaired) electrons. The van der Waals surface area contributed by atoms with Gasteiger partial charge in [0.1, 0.15) is 5.75 Å². The molecule has 1 aliphatic heterocycles. The first-order valence-corrected chi connectivity index (χ1v) is 8.11. The molecule has 0 saturated carbocycles. The van der Waals surface area contributed by atoms with Crippen LogP contribution in [-0.4, -0.2) is 19.6 Å². The van der Waals surface area contributed by atoms with Gasteiger partial charge in [-0.15, -0.1) is 0 Å². The van der Waals surface area contributed by atoms with E-state index < -0.39 is 0 Å². The van der Waals surface area contributed by atoms with Crippen LogP contribution >= 0.6 is 0 Å². The molecule has 1 aliphatic rings. The minimum atomic E-state index is 0.0806. The smallest absolute Gasteiger partial charge is 0.258 e. The van der Waals surface area contributed by atoms with Crippen LogP contribution in [0.1, 0.15) is 46.8 Å². The van der Waals surface area contributed by atoms with Gasteiger partial charge in [0, 0.05) is 17.8 Å². The number of para-hydroxylation sites is 1. The number of benzene rings is 2. The van der Waals surface area contributed by atoms with E-state index in [1.54, 1.807) is 7.11 Å². The Bertz CT molecular complexity index is 749. The molecule has 3 rings (SSSR count). The minimum absolute atomic E-state index is 0.0806. The number of carbonyl (C=O) groups is 1. The quantitative estimate of drug-likeness (QED) is 0.844. The molecule has 0 N–H and O–H groups in total. The van der Waals surface area contributed by atoms with Gasteiger partial charge in [0.2, 0.25) is 0 Å². The summed E-state index contributed by atoms with van der Waals surface area (Å²) in [5.74, 6) is 1.25. The molecular formula is C20H23NO2. The molecule has 120 valence electrons. The van der Waals surface area contributed by atoms with Gasteiger partial charge < -0.3 is 9.64 Å². The molecule has 0 aromatic heterocycles. The zero-order chi connectivity index (χ0) is 16.6. The maximum Gasteiger partial charge on any atom is 0.258 e. The van der Waals surface area contributed by atoms with Crippen molar-refractivity contribution in [2.75, 3.05) is 18.6 Å². The third kappa shape index (κ3) is 2.72. The topological polar surface area (TPSA) is 29.5 Å². The van der Waals surface area contributed by atoms with Crippen molar-refractivity contribution >= 4 is 11.6 Å². The standard InChI is InChI=1S/C20H23NO2/c1-13(2)16-12-17(14(3)11-19(16)23-4)20(22)21-10-9-15-7-5-6-8-18(15)21/h5-8,11-13H,9-10H2,1-4H3. The van der Waals surface area contributed by atoms with Gasteiger partial charge in [-0.3, -0.25) is 4.79 Å². The van der Waals surface area contributed by atoms with Crippen molar-refractivity contribution in [3.05, 3.63) is 58.7 Å². The second kappa shape index (κ2) is 6.07. The maximum absolute atomic E-state index is 13.1. The Kier molecular flexibility index (Phi) is 4.12. The predicted octanol–water partition coefficient (Wildman–Crippen LogP) is 4.33. The lowest BCUT2D eigenvalue weighted by Gasteiger charge is -2.21. The van der Waals surface area contributed by atoms with Gasteiger partial charge in [-0.25, -0.2) is 0 Å². The van der Waals surface area contributed by atoms with Crippen LogP contribution in [0.5, 0.6) is 5.75 Å². The first-order chi connectivity index (χ1) is 11.0. The molecule has 2 aromatic carbocycles. The van der Waals surface area contributed by atoms with E-state index in [-0.39, 0.29) is 5.91 Å². The fraction of sp³-hybridized carbons (Fsp3) is 0.350. The fourth-order valence-electron chi connectivity index (χ4n) is 3.25. The SMILES string of the molecule is COc1cc(C)c(C(=O)N2CCc3ccccc32)cc1C(C)C. The summed E-state index contributed by atoms with van der Waals surface area (Å²) in [7, 11) is 1.68. The van der Waals surface area contributed by atoms with Gasteiger partial charge in [0.25, 0.3) is 5.91 Å². The predicted molar refractivity (Wildman–Crippen MR) is 93.6 cm³/mol. The summed E-state index contributed by atoms with van der Waals surface area (Å²) in [5, 5.41) is 0. The normalized spacial score (nSPS) is 13.3. The number of aryl methyl sites for hydroxylation is 1. The third-order valence-electron chi connectivity index (χ3n) is 4.56. The van der Waals surface area contributed by atoms with Crippen molar-refractivity contribution in [1.82, 2.24) is 0 Å². The summed E-state index contributed by atoms with van der Waals surface area (Å²) in [4.78, 5) is 15.0. The van der Waals surface area contributed by atoms with Crippen molar-refractivity contribution in [1.29, 1.82) is 0 Å². The van der Waals surface area contributed by atoms with Crippen molar-refractivity contribution < 1.29 is 9.53 Å². The molecule has 0 saturated heterocycles. The van der Waals surface area contributed by atoms with Gasteiger partial charge in [-0.1, -0.05) is 32.0 Å². The van der Waals surface area contributed by atoms with E-state index in [0.717, 1.165) is 41.1 Å². The first kappa shape index (κ1) is 15.6. The molecule has 0 bridgehead atoms.